The Bertz CT molecular complexity index is 1460. The fourth-order valence-electron chi connectivity index (χ4n) is 4.16. The zero-order valence-corrected chi connectivity index (χ0v) is 20.1. The molecule has 8 heteroatoms. The van der Waals surface area contributed by atoms with E-state index in [-0.39, 0.29) is 17.7 Å². The molecule has 2 aliphatic rings. The number of fused-ring (bicyclic) bond motifs is 4. The Morgan fingerprint density at radius 2 is 2.00 bits per heavy atom. The Balaban J connectivity index is 1.12. The number of anilines is 1. The smallest absolute Gasteiger partial charge is 0.234 e. The van der Waals surface area contributed by atoms with Crippen molar-refractivity contribution in [3.63, 3.8) is 0 Å². The molecular weight excluding hydrogens is 462 g/mol. The predicted octanol–water partition coefficient (Wildman–Crippen LogP) is 6.38. The third kappa shape index (κ3) is 3.99. The monoisotopic (exact) mass is 483 g/mol. The summed E-state index contributed by atoms with van der Waals surface area (Å²) in [6.07, 6.45) is 2.76. The topological polar surface area (TPSA) is 70.0 Å². The molecule has 6 nitrogen and oxygen atoms in total. The predicted molar refractivity (Wildman–Crippen MR) is 142 cm³/mol. The Labute approximate surface area is 205 Å². The van der Waals surface area contributed by atoms with E-state index in [4.69, 9.17) is 9.98 Å². The Kier molecular flexibility index (Phi) is 5.39. The molecule has 1 atom stereocenters. The number of amidine groups is 1. The van der Waals surface area contributed by atoms with Crippen LogP contribution in [-0.2, 0) is 4.79 Å². The number of aromatic nitrogens is 1. The van der Waals surface area contributed by atoms with Crippen molar-refractivity contribution in [1.29, 1.82) is 0 Å². The summed E-state index contributed by atoms with van der Waals surface area (Å²) in [6.45, 7) is 2.09. The van der Waals surface area contributed by atoms with Crippen molar-refractivity contribution in [1.82, 2.24) is 9.99 Å². The lowest BCUT2D eigenvalue weighted by Gasteiger charge is -2.29. The highest BCUT2D eigenvalue weighted by Crippen LogP contribution is 2.41. The second-order valence-corrected chi connectivity index (χ2v) is 10.2. The van der Waals surface area contributed by atoms with Gasteiger partial charge in [-0.2, -0.15) is 5.10 Å². The van der Waals surface area contributed by atoms with Crippen LogP contribution in [0.5, 0.6) is 0 Å². The second kappa shape index (κ2) is 8.70. The number of thiazole rings is 1. The number of para-hydroxylation sites is 1. The first-order valence-corrected chi connectivity index (χ1v) is 12.8. The van der Waals surface area contributed by atoms with Crippen LogP contribution in [0.25, 0.3) is 20.8 Å². The maximum atomic E-state index is 12.6. The number of rotatable bonds is 4. The molecule has 2 aliphatic heterocycles. The molecule has 3 aromatic carbocycles. The van der Waals surface area contributed by atoms with E-state index >= 15 is 0 Å². The van der Waals surface area contributed by atoms with Gasteiger partial charge < -0.3 is 5.32 Å². The molecule has 0 radical (unpaired) electrons. The Hall–Kier alpha value is -3.49. The minimum absolute atomic E-state index is 0.0745. The molecule has 0 bridgehead atoms. The molecule has 0 saturated heterocycles. The first-order valence-electron chi connectivity index (χ1n) is 11.0. The summed E-state index contributed by atoms with van der Waals surface area (Å²) in [7, 11) is 0. The number of aliphatic imine (C=N–C) groups is 1. The van der Waals surface area contributed by atoms with Crippen molar-refractivity contribution < 1.29 is 4.79 Å². The molecule has 0 unspecified atom stereocenters. The number of hydrazone groups is 1. The third-order valence-electron chi connectivity index (χ3n) is 5.83. The Morgan fingerprint density at radius 3 is 2.88 bits per heavy atom. The van der Waals surface area contributed by atoms with Gasteiger partial charge in [0.2, 0.25) is 5.91 Å². The van der Waals surface area contributed by atoms with Crippen molar-refractivity contribution in [2.75, 3.05) is 11.1 Å². The largest absolute Gasteiger partial charge is 0.325 e. The van der Waals surface area contributed by atoms with Crippen LogP contribution in [0.1, 0.15) is 23.6 Å². The van der Waals surface area contributed by atoms with Crippen molar-refractivity contribution in [3.8, 4) is 10.6 Å². The van der Waals surface area contributed by atoms with E-state index in [1.54, 1.807) is 11.3 Å². The molecule has 0 aliphatic carbocycles. The number of benzene rings is 3. The molecule has 1 aromatic heterocycles. The van der Waals surface area contributed by atoms with Gasteiger partial charge in [0.25, 0.3) is 0 Å². The summed E-state index contributed by atoms with van der Waals surface area (Å²) in [5, 5.41) is 11.1. The van der Waals surface area contributed by atoms with Crippen LogP contribution in [0.4, 0.5) is 11.4 Å². The number of nitrogens with one attached hydrogen (secondary N) is 1. The molecule has 1 amide bonds. The maximum absolute atomic E-state index is 12.6. The summed E-state index contributed by atoms with van der Waals surface area (Å²) in [6, 6.07) is 22.4. The third-order valence-corrected chi connectivity index (χ3v) is 7.84. The number of hydrogen-bond acceptors (Lipinski definition) is 7. The number of hydrogen-bond donors (Lipinski definition) is 1. The van der Waals surface area contributed by atoms with Gasteiger partial charge in [0.15, 0.2) is 5.17 Å². The van der Waals surface area contributed by atoms with Crippen molar-refractivity contribution in [3.05, 3.63) is 77.9 Å². The van der Waals surface area contributed by atoms with Gasteiger partial charge in [-0.15, -0.1) is 11.3 Å². The first kappa shape index (κ1) is 21.1. The van der Waals surface area contributed by atoms with E-state index in [1.807, 2.05) is 53.7 Å². The second-order valence-electron chi connectivity index (χ2n) is 8.25. The van der Waals surface area contributed by atoms with E-state index in [2.05, 4.69) is 41.6 Å². The van der Waals surface area contributed by atoms with Crippen LogP contribution >= 0.6 is 23.1 Å². The SMILES string of the molecule is Cc1ccc2nc(-c3ccc(NC(=O)CSC4=Nc5ccccc5[C@H]5CC=NN45)cc3)sc2c1. The van der Waals surface area contributed by atoms with Gasteiger partial charge in [-0.3, -0.25) is 4.79 Å². The van der Waals surface area contributed by atoms with E-state index in [0.29, 0.717) is 0 Å². The van der Waals surface area contributed by atoms with E-state index < -0.39 is 0 Å². The first-order chi connectivity index (χ1) is 16.6. The highest BCUT2D eigenvalue weighted by molar-refractivity contribution is 8.14. The molecule has 0 fully saturated rings. The standard InChI is InChI=1S/C26H21N5OS2/c1-16-6-11-21-23(14-16)34-25(29-21)17-7-9-18(10-8-17)28-24(32)15-33-26-30-20-5-3-2-4-19(20)22-12-13-27-31(22)26/h2-11,13-14,22H,12,15H2,1H3,(H,28,32)/t22-/m1/s1. The summed E-state index contributed by atoms with van der Waals surface area (Å²) in [4.78, 5) is 22.1. The van der Waals surface area contributed by atoms with Crippen LogP contribution in [0, 0.1) is 6.92 Å². The lowest BCUT2D eigenvalue weighted by atomic mass is 10.0. The van der Waals surface area contributed by atoms with Crippen LogP contribution in [-0.4, -0.2) is 33.0 Å². The maximum Gasteiger partial charge on any atom is 0.234 e. The lowest BCUT2D eigenvalue weighted by Crippen LogP contribution is -2.29. The molecule has 6 rings (SSSR count). The normalized spacial score (nSPS) is 16.3. The summed E-state index contributed by atoms with van der Waals surface area (Å²) in [5.41, 5.74) is 6.18. The molecule has 0 saturated carbocycles. The molecule has 0 spiro atoms. The fraction of sp³-hybridized carbons (Fsp3) is 0.154. The highest BCUT2D eigenvalue weighted by atomic mass is 32.2. The number of nitrogens with zero attached hydrogens (tertiary/aromatic N) is 4. The minimum atomic E-state index is -0.0745. The summed E-state index contributed by atoms with van der Waals surface area (Å²) in [5.74, 6) is 0.188. The van der Waals surface area contributed by atoms with E-state index in [9.17, 15) is 4.79 Å². The number of aryl methyl sites for hydroxylation is 1. The van der Waals surface area contributed by atoms with Crippen molar-refractivity contribution in [2.24, 2.45) is 10.1 Å². The minimum Gasteiger partial charge on any atom is -0.325 e. The number of amides is 1. The number of carbonyl (C=O) groups excluding carboxylic acids is 1. The summed E-state index contributed by atoms with van der Waals surface area (Å²) < 4.78 is 1.18. The van der Waals surface area contributed by atoms with Crippen LogP contribution in [0.2, 0.25) is 0 Å². The van der Waals surface area contributed by atoms with Crippen LogP contribution in [0.3, 0.4) is 0 Å². The van der Waals surface area contributed by atoms with Gasteiger partial charge in [-0.25, -0.2) is 15.0 Å². The average molecular weight is 484 g/mol. The zero-order valence-electron chi connectivity index (χ0n) is 18.4. The molecule has 4 aromatic rings. The molecule has 168 valence electrons. The van der Waals surface area contributed by atoms with Crippen LogP contribution < -0.4 is 5.32 Å². The van der Waals surface area contributed by atoms with Gasteiger partial charge in [0.1, 0.15) is 5.01 Å². The fourth-order valence-corrected chi connectivity index (χ4v) is 6.03. The molecule has 1 N–H and O–H groups in total. The van der Waals surface area contributed by atoms with Crippen molar-refractivity contribution in [2.45, 2.75) is 19.4 Å². The lowest BCUT2D eigenvalue weighted by molar-refractivity contribution is -0.113. The van der Waals surface area contributed by atoms with Gasteiger partial charge in [-0.1, -0.05) is 36.0 Å². The number of thioether (sulfide) groups is 1. The van der Waals surface area contributed by atoms with E-state index in [1.165, 1.54) is 27.6 Å². The van der Waals surface area contributed by atoms with Gasteiger partial charge in [-0.05, 0) is 55.0 Å². The van der Waals surface area contributed by atoms with Gasteiger partial charge >= 0.3 is 0 Å². The number of carbonyl (C=O) groups is 1. The van der Waals surface area contributed by atoms with Crippen molar-refractivity contribution >= 4 is 62.0 Å². The van der Waals surface area contributed by atoms with Gasteiger partial charge in [0, 0.05) is 29.4 Å². The molecule has 3 heterocycles. The zero-order chi connectivity index (χ0) is 23.1. The highest BCUT2D eigenvalue weighted by Gasteiger charge is 2.32. The van der Waals surface area contributed by atoms with Crippen LogP contribution in [0.15, 0.2) is 76.8 Å². The van der Waals surface area contributed by atoms with Gasteiger partial charge in [0.05, 0.1) is 27.7 Å². The average Bonchev–Trinajstić information content (AvgIpc) is 3.50. The molecule has 34 heavy (non-hydrogen) atoms. The molecular formula is C26H21N5OS2. The van der Waals surface area contributed by atoms with E-state index in [0.717, 1.165) is 39.1 Å². The Morgan fingerprint density at radius 1 is 1.15 bits per heavy atom. The quantitative estimate of drug-likeness (QED) is 0.366. The summed E-state index contributed by atoms with van der Waals surface area (Å²) >= 11 is 3.09.